The number of hydrazine groups is 1. The normalized spacial score (nSPS) is 48.3. The second kappa shape index (κ2) is 4.19. The van der Waals surface area contributed by atoms with Crippen LogP contribution in [0.15, 0.2) is 42.5 Å². The van der Waals surface area contributed by atoms with E-state index in [-0.39, 0.29) is 0 Å². The molecule has 104 valence electrons. The first-order chi connectivity index (χ1) is 9.92. The first kappa shape index (κ1) is 11.5. The highest BCUT2D eigenvalue weighted by Crippen LogP contribution is 2.49. The molecular weight excluding hydrogens is 244 g/mol. The average Bonchev–Trinajstić information content (AvgIpc) is 2.57. The van der Waals surface area contributed by atoms with Crippen LogP contribution in [-0.2, 0) is 0 Å². The summed E-state index contributed by atoms with van der Waals surface area (Å²) in [4.78, 5) is 0. The topological polar surface area (TPSA) is 6.48 Å². The SMILES string of the molecule is C1=C[C@H]2CC[C@@H]1N1[C@H]3CC[C@H](C[C@@H]3c3ccccc3)N21. The predicted molar refractivity (Wildman–Crippen MR) is 80.2 cm³/mol. The summed E-state index contributed by atoms with van der Waals surface area (Å²) in [7, 11) is 0. The van der Waals surface area contributed by atoms with Gasteiger partial charge >= 0.3 is 0 Å². The number of hydrogen-bond donors (Lipinski definition) is 0. The summed E-state index contributed by atoms with van der Waals surface area (Å²) in [6, 6.07) is 14.1. The van der Waals surface area contributed by atoms with E-state index in [9.17, 15) is 0 Å². The third-order valence-corrected chi connectivity index (χ3v) is 5.99. The zero-order valence-corrected chi connectivity index (χ0v) is 11.9. The molecule has 0 N–H and O–H groups in total. The van der Waals surface area contributed by atoms with Gasteiger partial charge in [-0.2, -0.15) is 0 Å². The average molecular weight is 266 g/mol. The maximum atomic E-state index is 2.78. The number of hydrogen-bond acceptors (Lipinski definition) is 2. The first-order valence-corrected chi connectivity index (χ1v) is 8.21. The molecule has 0 radical (unpaired) electrons. The Labute approximate surface area is 121 Å². The van der Waals surface area contributed by atoms with E-state index in [2.05, 4.69) is 52.5 Å². The monoisotopic (exact) mass is 266 g/mol. The molecule has 1 aromatic rings. The molecule has 4 fully saturated rings. The van der Waals surface area contributed by atoms with Crippen LogP contribution in [0, 0.1) is 0 Å². The summed E-state index contributed by atoms with van der Waals surface area (Å²) in [6.45, 7) is 0. The number of benzene rings is 1. The van der Waals surface area contributed by atoms with Crippen LogP contribution in [0.2, 0.25) is 0 Å². The highest BCUT2D eigenvalue weighted by Gasteiger charge is 2.52. The summed E-state index contributed by atoms with van der Waals surface area (Å²) >= 11 is 0. The molecule has 6 aliphatic rings. The van der Waals surface area contributed by atoms with Gasteiger partial charge in [0.05, 0.1) is 0 Å². The molecule has 7 atom stereocenters. The van der Waals surface area contributed by atoms with Crippen LogP contribution in [-0.4, -0.2) is 34.2 Å². The fraction of sp³-hybridized carbons (Fsp3) is 0.556. The van der Waals surface area contributed by atoms with Crippen molar-refractivity contribution in [2.24, 2.45) is 0 Å². The Hall–Kier alpha value is -1.12. The molecule has 0 spiro atoms. The van der Waals surface area contributed by atoms with Crippen molar-refractivity contribution in [1.29, 1.82) is 0 Å². The van der Waals surface area contributed by atoms with Gasteiger partial charge in [0.1, 0.15) is 0 Å². The van der Waals surface area contributed by atoms with Gasteiger partial charge in [-0.15, -0.1) is 0 Å². The zero-order valence-electron chi connectivity index (χ0n) is 11.9. The fourth-order valence-corrected chi connectivity index (χ4v) is 5.20. The van der Waals surface area contributed by atoms with E-state index in [0.29, 0.717) is 12.1 Å². The van der Waals surface area contributed by atoms with E-state index in [4.69, 9.17) is 0 Å². The van der Waals surface area contributed by atoms with Gasteiger partial charge in [0.15, 0.2) is 0 Å². The Morgan fingerprint density at radius 1 is 0.800 bits per heavy atom. The molecule has 1 saturated carbocycles. The van der Waals surface area contributed by atoms with E-state index in [0.717, 1.165) is 18.0 Å². The van der Waals surface area contributed by atoms with Crippen LogP contribution in [0.25, 0.3) is 0 Å². The van der Waals surface area contributed by atoms with Crippen molar-refractivity contribution in [3.8, 4) is 0 Å². The second-order valence-corrected chi connectivity index (χ2v) is 6.91. The molecule has 20 heavy (non-hydrogen) atoms. The van der Waals surface area contributed by atoms with Gasteiger partial charge in [-0.1, -0.05) is 42.5 Å². The van der Waals surface area contributed by atoms with Crippen molar-refractivity contribution in [2.75, 3.05) is 0 Å². The molecule has 2 heteroatoms. The maximum absolute atomic E-state index is 2.78. The van der Waals surface area contributed by atoms with Crippen molar-refractivity contribution in [3.05, 3.63) is 48.0 Å². The number of rotatable bonds is 1. The lowest BCUT2D eigenvalue weighted by molar-refractivity contribution is -0.220. The van der Waals surface area contributed by atoms with Crippen molar-refractivity contribution in [3.63, 3.8) is 0 Å². The third kappa shape index (κ3) is 1.47. The van der Waals surface area contributed by atoms with Gasteiger partial charge in [-0.3, -0.25) is 0 Å². The van der Waals surface area contributed by atoms with Crippen molar-refractivity contribution in [1.82, 2.24) is 10.0 Å². The summed E-state index contributed by atoms with van der Waals surface area (Å²) in [6.07, 6.45) is 11.8. The van der Waals surface area contributed by atoms with E-state index >= 15 is 0 Å². The summed E-state index contributed by atoms with van der Waals surface area (Å²) in [5.74, 6) is 0.749. The van der Waals surface area contributed by atoms with Crippen molar-refractivity contribution < 1.29 is 0 Å². The molecule has 4 bridgehead atoms. The molecule has 4 heterocycles. The quantitative estimate of drug-likeness (QED) is 0.719. The van der Waals surface area contributed by atoms with Crippen LogP contribution >= 0.6 is 0 Å². The zero-order chi connectivity index (χ0) is 13.1. The van der Waals surface area contributed by atoms with E-state index in [1.165, 1.54) is 32.1 Å². The van der Waals surface area contributed by atoms with E-state index < -0.39 is 0 Å². The molecule has 1 aromatic carbocycles. The molecule has 3 saturated heterocycles. The molecule has 4 aliphatic heterocycles. The Kier molecular flexibility index (Phi) is 2.41. The van der Waals surface area contributed by atoms with E-state index in [1.807, 2.05) is 0 Å². The second-order valence-electron chi connectivity index (χ2n) is 6.91. The maximum Gasteiger partial charge on any atom is 0.0430 e. The molecule has 0 aromatic heterocycles. The number of fused-ring (bicyclic) bond motifs is 3. The lowest BCUT2D eigenvalue weighted by Crippen LogP contribution is -2.72. The van der Waals surface area contributed by atoms with Gasteiger partial charge in [0.2, 0.25) is 0 Å². The van der Waals surface area contributed by atoms with Gasteiger partial charge in [0, 0.05) is 30.1 Å². The lowest BCUT2D eigenvalue weighted by atomic mass is 9.72. The molecule has 7 rings (SSSR count). The Morgan fingerprint density at radius 2 is 1.55 bits per heavy atom. The first-order valence-electron chi connectivity index (χ1n) is 8.21. The fourth-order valence-electron chi connectivity index (χ4n) is 5.20. The standard InChI is InChI=1S/C18H22N2/c1-2-4-13(5-3-1)17-12-16-10-11-18(17)20-15-8-6-14(7-9-15)19(16)20/h1-6,8,14-18H,7,9-12H2/t14-,15+,16+,17+,18-/m0/s1. The largest absolute Gasteiger partial charge is 0.231 e. The Morgan fingerprint density at radius 3 is 2.30 bits per heavy atom. The minimum Gasteiger partial charge on any atom is -0.231 e. The van der Waals surface area contributed by atoms with Crippen LogP contribution in [0.5, 0.6) is 0 Å². The molecule has 2 aliphatic carbocycles. The Balaban J connectivity index is 1.54. The molecular formula is C18H22N2. The van der Waals surface area contributed by atoms with Crippen LogP contribution in [0.1, 0.15) is 43.6 Å². The van der Waals surface area contributed by atoms with Crippen LogP contribution in [0.3, 0.4) is 0 Å². The predicted octanol–water partition coefficient (Wildman–Crippen LogP) is 3.32. The van der Waals surface area contributed by atoms with Crippen LogP contribution in [0.4, 0.5) is 0 Å². The van der Waals surface area contributed by atoms with Gasteiger partial charge in [0.25, 0.3) is 0 Å². The molecule has 2 nitrogen and oxygen atoms in total. The minimum absolute atomic E-state index is 0.680. The van der Waals surface area contributed by atoms with E-state index in [1.54, 1.807) is 5.56 Å². The highest BCUT2D eigenvalue weighted by molar-refractivity contribution is 5.26. The minimum atomic E-state index is 0.680. The summed E-state index contributed by atoms with van der Waals surface area (Å²) < 4.78 is 0. The lowest BCUT2D eigenvalue weighted by Gasteiger charge is -2.64. The molecule has 2 unspecified atom stereocenters. The highest BCUT2D eigenvalue weighted by atomic mass is 15.7. The Bertz CT molecular complexity index is 538. The van der Waals surface area contributed by atoms with Crippen molar-refractivity contribution in [2.45, 2.75) is 62.2 Å². The summed E-state index contributed by atoms with van der Waals surface area (Å²) in [5.41, 5.74) is 1.56. The van der Waals surface area contributed by atoms with Gasteiger partial charge < -0.3 is 0 Å². The smallest absolute Gasteiger partial charge is 0.0430 e. The molecule has 0 amide bonds. The number of nitrogens with zero attached hydrogens (tertiary/aromatic N) is 2. The third-order valence-electron chi connectivity index (χ3n) is 5.99. The van der Waals surface area contributed by atoms with Crippen molar-refractivity contribution >= 4 is 0 Å². The van der Waals surface area contributed by atoms with Gasteiger partial charge in [-0.25, -0.2) is 10.0 Å². The van der Waals surface area contributed by atoms with Gasteiger partial charge in [-0.05, 0) is 37.7 Å². The summed E-state index contributed by atoms with van der Waals surface area (Å²) in [5, 5.41) is 5.55. The van der Waals surface area contributed by atoms with Crippen LogP contribution < -0.4 is 0 Å².